The first-order valence-corrected chi connectivity index (χ1v) is 8.18. The highest BCUT2D eigenvalue weighted by Crippen LogP contribution is 2.22. The molecular weight excluding hydrogens is 306 g/mol. The van der Waals surface area contributed by atoms with E-state index in [1.807, 2.05) is 35.1 Å². The number of aromatic nitrogens is 3. The second kappa shape index (κ2) is 6.97. The monoisotopic (exact) mass is 325 g/mol. The van der Waals surface area contributed by atoms with Crippen molar-refractivity contribution >= 4 is 11.6 Å². The summed E-state index contributed by atoms with van der Waals surface area (Å²) >= 11 is 6.34. The second-order valence-corrected chi connectivity index (χ2v) is 6.33. The van der Waals surface area contributed by atoms with E-state index in [0.717, 1.165) is 30.1 Å². The van der Waals surface area contributed by atoms with Crippen LogP contribution in [0.4, 0.5) is 0 Å². The van der Waals surface area contributed by atoms with Crippen LogP contribution >= 0.6 is 11.6 Å². The predicted octanol–water partition coefficient (Wildman–Crippen LogP) is 4.38. The molecule has 1 heterocycles. The molecular formula is C19H20ClN3. The van der Waals surface area contributed by atoms with Crippen molar-refractivity contribution in [1.29, 1.82) is 0 Å². The maximum Gasteiger partial charge on any atom is 0.0830 e. The van der Waals surface area contributed by atoms with E-state index in [9.17, 15) is 0 Å². The Hall–Kier alpha value is -2.13. The van der Waals surface area contributed by atoms with Crippen molar-refractivity contribution in [2.45, 2.75) is 33.2 Å². The maximum atomic E-state index is 6.34. The van der Waals surface area contributed by atoms with Crippen LogP contribution in [0.1, 0.15) is 27.9 Å². The summed E-state index contributed by atoms with van der Waals surface area (Å²) in [6.07, 6.45) is 3.74. The molecule has 0 spiro atoms. The lowest BCUT2D eigenvalue weighted by Gasteiger charge is -2.07. The van der Waals surface area contributed by atoms with Crippen LogP contribution in [0.15, 0.2) is 48.7 Å². The molecule has 0 bridgehead atoms. The van der Waals surface area contributed by atoms with Gasteiger partial charge in [0.1, 0.15) is 0 Å². The van der Waals surface area contributed by atoms with E-state index in [4.69, 9.17) is 11.6 Å². The first kappa shape index (κ1) is 15.8. The highest BCUT2D eigenvalue weighted by atomic mass is 35.5. The molecule has 0 saturated heterocycles. The number of hydrogen-bond acceptors (Lipinski definition) is 2. The van der Waals surface area contributed by atoms with E-state index in [0.29, 0.717) is 0 Å². The molecule has 0 saturated carbocycles. The summed E-state index contributed by atoms with van der Waals surface area (Å²) in [5, 5.41) is 9.32. The molecule has 0 aliphatic rings. The Morgan fingerprint density at radius 1 is 1.00 bits per heavy atom. The van der Waals surface area contributed by atoms with Crippen LogP contribution in [0.2, 0.25) is 5.02 Å². The van der Waals surface area contributed by atoms with E-state index in [1.54, 1.807) is 0 Å². The number of rotatable bonds is 5. The predicted molar refractivity (Wildman–Crippen MR) is 93.9 cm³/mol. The number of aryl methyl sites for hydroxylation is 4. The third-order valence-electron chi connectivity index (χ3n) is 4.09. The topological polar surface area (TPSA) is 30.7 Å². The van der Waals surface area contributed by atoms with Crippen LogP contribution in [0.3, 0.4) is 0 Å². The molecule has 0 atom stereocenters. The largest absolute Gasteiger partial charge is 0.248 e. The summed E-state index contributed by atoms with van der Waals surface area (Å²) in [6.45, 7) is 4.95. The molecule has 3 nitrogen and oxygen atoms in total. The number of halogens is 1. The molecule has 0 fully saturated rings. The van der Waals surface area contributed by atoms with Crippen LogP contribution in [0.5, 0.6) is 0 Å². The quantitative estimate of drug-likeness (QED) is 0.697. The average molecular weight is 326 g/mol. The fraction of sp³-hybridized carbons (Fsp3) is 0.263. The summed E-state index contributed by atoms with van der Waals surface area (Å²) < 4.78 is 1.88. The van der Waals surface area contributed by atoms with Crippen molar-refractivity contribution in [3.63, 3.8) is 0 Å². The van der Waals surface area contributed by atoms with Gasteiger partial charge in [-0.15, -0.1) is 5.10 Å². The van der Waals surface area contributed by atoms with E-state index < -0.39 is 0 Å². The normalized spacial score (nSPS) is 10.9. The molecule has 0 unspecified atom stereocenters. The smallest absolute Gasteiger partial charge is 0.0830 e. The molecule has 3 aromatic rings. The summed E-state index contributed by atoms with van der Waals surface area (Å²) in [5.74, 6) is 0. The van der Waals surface area contributed by atoms with Gasteiger partial charge in [-0.25, -0.2) is 4.68 Å². The number of hydrogen-bond donors (Lipinski definition) is 0. The Kier molecular flexibility index (Phi) is 4.77. The maximum absolute atomic E-state index is 6.34. The first-order valence-electron chi connectivity index (χ1n) is 7.80. The zero-order valence-corrected chi connectivity index (χ0v) is 14.2. The Morgan fingerprint density at radius 3 is 2.52 bits per heavy atom. The van der Waals surface area contributed by atoms with Gasteiger partial charge >= 0.3 is 0 Å². The number of benzene rings is 2. The van der Waals surface area contributed by atoms with E-state index in [2.05, 4.69) is 42.4 Å². The lowest BCUT2D eigenvalue weighted by molar-refractivity contribution is 0.649. The molecule has 118 valence electrons. The molecule has 0 aliphatic carbocycles. The standard InChI is InChI=1S/C19H20ClN3/c1-14-10-17(19(20)11-15(14)2)8-9-18-13-23(22-21-18)12-16-6-4-3-5-7-16/h3-7,10-11,13H,8-9,12H2,1-2H3. The summed E-state index contributed by atoms with van der Waals surface area (Å²) in [4.78, 5) is 0. The molecule has 0 aliphatic heterocycles. The highest BCUT2D eigenvalue weighted by molar-refractivity contribution is 6.31. The molecule has 0 radical (unpaired) electrons. The van der Waals surface area contributed by atoms with E-state index in [1.165, 1.54) is 22.3 Å². The molecule has 3 rings (SSSR count). The van der Waals surface area contributed by atoms with Crippen molar-refractivity contribution in [2.24, 2.45) is 0 Å². The molecule has 1 aromatic heterocycles. The lowest BCUT2D eigenvalue weighted by atomic mass is 10.0. The SMILES string of the molecule is Cc1cc(Cl)c(CCc2cn(Cc3ccccc3)nn2)cc1C. The van der Waals surface area contributed by atoms with Crippen LogP contribution in [-0.2, 0) is 19.4 Å². The van der Waals surface area contributed by atoms with Gasteiger partial charge in [-0.3, -0.25) is 0 Å². The fourth-order valence-electron chi connectivity index (χ4n) is 2.60. The van der Waals surface area contributed by atoms with Crippen molar-refractivity contribution in [1.82, 2.24) is 15.0 Å². The van der Waals surface area contributed by atoms with Crippen molar-refractivity contribution in [3.8, 4) is 0 Å². The van der Waals surface area contributed by atoms with Crippen LogP contribution < -0.4 is 0 Å². The van der Waals surface area contributed by atoms with Gasteiger partial charge in [-0.1, -0.05) is 53.2 Å². The Labute approximate surface area is 141 Å². The van der Waals surface area contributed by atoms with Crippen LogP contribution in [-0.4, -0.2) is 15.0 Å². The van der Waals surface area contributed by atoms with Gasteiger partial charge in [0.05, 0.1) is 12.2 Å². The second-order valence-electron chi connectivity index (χ2n) is 5.92. The minimum atomic E-state index is 0.748. The first-order chi connectivity index (χ1) is 11.1. The van der Waals surface area contributed by atoms with E-state index in [-0.39, 0.29) is 0 Å². The van der Waals surface area contributed by atoms with Crippen molar-refractivity contribution in [2.75, 3.05) is 0 Å². The van der Waals surface area contributed by atoms with Gasteiger partial charge in [-0.05, 0) is 55.0 Å². The molecule has 0 amide bonds. The van der Waals surface area contributed by atoms with E-state index >= 15 is 0 Å². The zero-order valence-electron chi connectivity index (χ0n) is 13.5. The van der Waals surface area contributed by atoms with Crippen LogP contribution in [0.25, 0.3) is 0 Å². The molecule has 0 N–H and O–H groups in total. The van der Waals surface area contributed by atoms with Gasteiger partial charge in [0.2, 0.25) is 0 Å². The third-order valence-corrected chi connectivity index (χ3v) is 4.44. The number of nitrogens with zero attached hydrogens (tertiary/aromatic N) is 3. The zero-order chi connectivity index (χ0) is 16.2. The molecule has 2 aromatic carbocycles. The van der Waals surface area contributed by atoms with Gasteiger partial charge in [0.15, 0.2) is 0 Å². The molecule has 23 heavy (non-hydrogen) atoms. The fourth-order valence-corrected chi connectivity index (χ4v) is 2.91. The highest BCUT2D eigenvalue weighted by Gasteiger charge is 2.07. The van der Waals surface area contributed by atoms with Crippen LogP contribution in [0, 0.1) is 13.8 Å². The molecule has 4 heteroatoms. The third kappa shape index (κ3) is 3.99. The lowest BCUT2D eigenvalue weighted by Crippen LogP contribution is -1.99. The summed E-state index contributed by atoms with van der Waals surface area (Å²) in [7, 11) is 0. The average Bonchev–Trinajstić information content (AvgIpc) is 2.98. The Morgan fingerprint density at radius 2 is 1.74 bits per heavy atom. The summed E-state index contributed by atoms with van der Waals surface area (Å²) in [6, 6.07) is 14.5. The minimum Gasteiger partial charge on any atom is -0.248 e. The van der Waals surface area contributed by atoms with Gasteiger partial charge in [0.25, 0.3) is 0 Å². The Bertz CT molecular complexity index is 794. The van der Waals surface area contributed by atoms with Crippen molar-refractivity contribution in [3.05, 3.63) is 81.6 Å². The minimum absolute atomic E-state index is 0.748. The van der Waals surface area contributed by atoms with Gasteiger partial charge in [0, 0.05) is 11.2 Å². The Balaban J connectivity index is 1.65. The van der Waals surface area contributed by atoms with Crippen molar-refractivity contribution < 1.29 is 0 Å². The summed E-state index contributed by atoms with van der Waals surface area (Å²) in [5.41, 5.74) is 5.90. The van der Waals surface area contributed by atoms with Gasteiger partial charge in [-0.2, -0.15) is 0 Å². The van der Waals surface area contributed by atoms with Gasteiger partial charge < -0.3 is 0 Å².